The first-order valence-corrected chi connectivity index (χ1v) is 2.43. The molecule has 0 unspecified atom stereocenters. The van der Waals surface area contributed by atoms with Crippen molar-refractivity contribution in [3.8, 4) is 0 Å². The van der Waals surface area contributed by atoms with Gasteiger partial charge in [0, 0.05) is 5.75 Å². The van der Waals surface area contributed by atoms with Crippen molar-refractivity contribution in [2.24, 2.45) is 0 Å². The second-order valence-corrected chi connectivity index (χ2v) is 1.41. The third-order valence-electron chi connectivity index (χ3n) is 0.513. The van der Waals surface area contributed by atoms with Crippen molar-refractivity contribution in [1.82, 2.24) is 0 Å². The molecule has 0 rings (SSSR count). The van der Waals surface area contributed by atoms with Crippen LogP contribution >= 0.6 is 12.6 Å². The number of halogens is 2. The molecule has 0 amide bonds. The fraction of sp³-hybridized carbons (Fsp3) is 0.500. The first kappa shape index (κ1) is 6.95. The van der Waals surface area contributed by atoms with Gasteiger partial charge < -0.3 is 0 Å². The Morgan fingerprint density at radius 3 is 2.00 bits per heavy atom. The van der Waals surface area contributed by atoms with E-state index in [0.29, 0.717) is 0 Å². The molecule has 0 N–H and O–H groups in total. The molecule has 42 valence electrons. The molecule has 0 aromatic heterocycles. The van der Waals surface area contributed by atoms with Crippen LogP contribution in [0.2, 0.25) is 0 Å². The summed E-state index contributed by atoms with van der Waals surface area (Å²) in [6, 6.07) is 0. The molecular weight excluding hydrogens is 118 g/mol. The molecule has 0 saturated carbocycles. The van der Waals surface area contributed by atoms with Gasteiger partial charge in [0.1, 0.15) is 11.7 Å². The summed E-state index contributed by atoms with van der Waals surface area (Å²) in [6.07, 6.45) is 0. The maximum atomic E-state index is 11.7. The van der Waals surface area contributed by atoms with Gasteiger partial charge in [0.25, 0.3) is 0 Å². The lowest BCUT2D eigenvalue weighted by Gasteiger charge is -1.85. The summed E-state index contributed by atoms with van der Waals surface area (Å²) in [5, 5.41) is 0. The Balaban J connectivity index is 3.72. The van der Waals surface area contributed by atoms with E-state index < -0.39 is 11.7 Å². The summed E-state index contributed by atoms with van der Waals surface area (Å²) in [6.45, 7) is 1.06. The van der Waals surface area contributed by atoms with Crippen LogP contribution in [-0.4, -0.2) is 5.75 Å². The van der Waals surface area contributed by atoms with Crippen molar-refractivity contribution in [2.45, 2.75) is 6.92 Å². The van der Waals surface area contributed by atoms with Crippen LogP contribution < -0.4 is 0 Å². The first-order chi connectivity index (χ1) is 3.18. The van der Waals surface area contributed by atoms with Crippen molar-refractivity contribution >= 4 is 12.6 Å². The summed E-state index contributed by atoms with van der Waals surface area (Å²) in [4.78, 5) is 0. The molecule has 0 aliphatic heterocycles. The Morgan fingerprint density at radius 1 is 1.57 bits per heavy atom. The number of rotatable bonds is 1. The topological polar surface area (TPSA) is 0 Å². The smallest absolute Gasteiger partial charge is 0.141 e. The summed E-state index contributed by atoms with van der Waals surface area (Å²) < 4.78 is 23.2. The Labute approximate surface area is 46.6 Å². The number of thiol groups is 1. The van der Waals surface area contributed by atoms with Crippen molar-refractivity contribution < 1.29 is 8.78 Å². The van der Waals surface area contributed by atoms with Gasteiger partial charge in [-0.2, -0.15) is 12.6 Å². The lowest BCUT2D eigenvalue weighted by atomic mass is 10.5. The zero-order valence-corrected chi connectivity index (χ0v) is 4.80. The van der Waals surface area contributed by atoms with Gasteiger partial charge in [0.15, 0.2) is 0 Å². The van der Waals surface area contributed by atoms with E-state index in [1.54, 1.807) is 0 Å². The largest absolute Gasteiger partial charge is 0.209 e. The van der Waals surface area contributed by atoms with Crippen LogP contribution in [0, 0.1) is 0 Å². The van der Waals surface area contributed by atoms with Gasteiger partial charge in [-0.3, -0.25) is 0 Å². The van der Waals surface area contributed by atoms with E-state index in [-0.39, 0.29) is 5.75 Å². The molecule has 0 aliphatic rings. The number of hydrogen-bond donors (Lipinski definition) is 1. The summed E-state index contributed by atoms with van der Waals surface area (Å²) in [5.74, 6) is -1.72. The number of allylic oxidation sites excluding steroid dienone is 1. The van der Waals surface area contributed by atoms with Crippen molar-refractivity contribution in [2.75, 3.05) is 5.75 Å². The van der Waals surface area contributed by atoms with Crippen LogP contribution in [0.5, 0.6) is 0 Å². The highest BCUT2D eigenvalue weighted by Crippen LogP contribution is 2.06. The lowest BCUT2D eigenvalue weighted by molar-refractivity contribution is 0.542. The summed E-state index contributed by atoms with van der Waals surface area (Å²) >= 11 is 3.48. The average molecular weight is 124 g/mol. The van der Waals surface area contributed by atoms with Crippen LogP contribution in [0.4, 0.5) is 8.78 Å². The zero-order chi connectivity index (χ0) is 5.86. The Hall–Kier alpha value is -0.0500. The third kappa shape index (κ3) is 2.62. The highest BCUT2D eigenvalue weighted by Gasteiger charge is 1.93. The quantitative estimate of drug-likeness (QED) is 0.508. The van der Waals surface area contributed by atoms with Crippen LogP contribution in [0.3, 0.4) is 0 Å². The zero-order valence-electron chi connectivity index (χ0n) is 3.91. The Morgan fingerprint density at radius 2 is 2.00 bits per heavy atom. The van der Waals surface area contributed by atoms with Crippen molar-refractivity contribution in [1.29, 1.82) is 0 Å². The van der Waals surface area contributed by atoms with Gasteiger partial charge in [-0.1, -0.05) is 0 Å². The van der Waals surface area contributed by atoms with Gasteiger partial charge in [-0.15, -0.1) is 0 Å². The van der Waals surface area contributed by atoms with E-state index in [0.717, 1.165) is 6.92 Å². The fourth-order valence-corrected chi connectivity index (χ4v) is 0.327. The minimum atomic E-state index is -0.789. The van der Waals surface area contributed by atoms with Crippen LogP contribution in [-0.2, 0) is 0 Å². The lowest BCUT2D eigenvalue weighted by Crippen LogP contribution is -1.74. The van der Waals surface area contributed by atoms with Gasteiger partial charge in [-0.25, -0.2) is 8.78 Å². The van der Waals surface area contributed by atoms with Gasteiger partial charge >= 0.3 is 0 Å². The highest BCUT2D eigenvalue weighted by molar-refractivity contribution is 7.80. The maximum Gasteiger partial charge on any atom is 0.141 e. The third-order valence-corrected chi connectivity index (χ3v) is 0.790. The second-order valence-electron chi connectivity index (χ2n) is 1.10. The predicted octanol–water partition coefficient (Wildman–Crippen LogP) is 2.09. The minimum Gasteiger partial charge on any atom is -0.209 e. The molecule has 0 bridgehead atoms. The van der Waals surface area contributed by atoms with Crippen molar-refractivity contribution in [3.05, 3.63) is 11.7 Å². The highest BCUT2D eigenvalue weighted by atomic mass is 32.1. The molecule has 7 heavy (non-hydrogen) atoms. The van der Waals surface area contributed by atoms with Gasteiger partial charge in [0.2, 0.25) is 0 Å². The van der Waals surface area contributed by atoms with E-state index in [9.17, 15) is 8.78 Å². The monoisotopic (exact) mass is 124 g/mol. The summed E-state index contributed by atoms with van der Waals surface area (Å²) in [7, 11) is 0. The molecular formula is C4H6F2S. The van der Waals surface area contributed by atoms with Crippen LogP contribution in [0.1, 0.15) is 6.92 Å². The normalized spacial score (nSPS) is 13.7. The Bertz CT molecular complexity index is 83.7. The van der Waals surface area contributed by atoms with E-state index in [1.165, 1.54) is 0 Å². The average Bonchev–Trinajstić information content (AvgIpc) is 1.65. The molecule has 0 fully saturated rings. The minimum absolute atomic E-state index is 0.150. The Kier molecular flexibility index (Phi) is 3.00. The molecule has 0 aromatic carbocycles. The molecule has 0 aromatic rings. The summed E-state index contributed by atoms with van der Waals surface area (Å²) in [5.41, 5.74) is 0. The molecule has 0 saturated heterocycles. The van der Waals surface area contributed by atoms with Crippen LogP contribution in [0.25, 0.3) is 0 Å². The van der Waals surface area contributed by atoms with Gasteiger partial charge in [-0.05, 0) is 6.92 Å². The molecule has 0 atom stereocenters. The maximum absolute atomic E-state index is 11.7. The van der Waals surface area contributed by atoms with E-state index in [2.05, 4.69) is 12.6 Å². The molecule has 0 radical (unpaired) electrons. The SMILES string of the molecule is CC(F)=C(F)CS. The van der Waals surface area contributed by atoms with Gasteiger partial charge in [0.05, 0.1) is 0 Å². The van der Waals surface area contributed by atoms with Crippen LogP contribution in [0.15, 0.2) is 11.7 Å². The van der Waals surface area contributed by atoms with Crippen molar-refractivity contribution in [3.63, 3.8) is 0 Å². The molecule has 3 heteroatoms. The molecule has 0 spiro atoms. The fourth-order valence-electron chi connectivity index (χ4n) is 0.109. The molecule has 0 aliphatic carbocycles. The first-order valence-electron chi connectivity index (χ1n) is 1.80. The van der Waals surface area contributed by atoms with E-state index >= 15 is 0 Å². The standard InChI is InChI=1S/C4H6F2S/c1-3(5)4(6)2-7/h7H,2H2,1H3. The van der Waals surface area contributed by atoms with E-state index in [4.69, 9.17) is 0 Å². The predicted molar refractivity (Wildman–Crippen MR) is 28.8 cm³/mol. The number of hydrogen-bond acceptors (Lipinski definition) is 1. The molecule has 0 nitrogen and oxygen atoms in total. The molecule has 0 heterocycles. The van der Waals surface area contributed by atoms with E-state index in [1.807, 2.05) is 0 Å². The second kappa shape index (κ2) is 3.02.